The lowest BCUT2D eigenvalue weighted by molar-refractivity contribution is 0.0974. The molecule has 0 radical (unpaired) electrons. The Hall–Kier alpha value is -1.22. The van der Waals surface area contributed by atoms with Gasteiger partial charge >= 0.3 is 0 Å². The molecule has 0 atom stereocenters. The Morgan fingerprint density at radius 1 is 1.00 bits per heavy atom. The van der Waals surface area contributed by atoms with E-state index in [0.717, 1.165) is 13.0 Å². The molecule has 20 heavy (non-hydrogen) atoms. The summed E-state index contributed by atoms with van der Waals surface area (Å²) in [6, 6.07) is 5.86. The van der Waals surface area contributed by atoms with Crippen molar-refractivity contribution in [1.82, 2.24) is 4.90 Å². The summed E-state index contributed by atoms with van der Waals surface area (Å²) in [6.07, 6.45) is 8.07. The molecule has 0 amide bonds. The predicted molar refractivity (Wildman–Crippen MR) is 79.5 cm³/mol. The summed E-state index contributed by atoms with van der Waals surface area (Å²) in [5.41, 5.74) is 0.624. The molecule has 2 rings (SSSR count). The minimum absolute atomic E-state index is 0.122. The van der Waals surface area contributed by atoms with Crippen molar-refractivity contribution in [1.29, 1.82) is 0 Å². The van der Waals surface area contributed by atoms with Crippen molar-refractivity contribution in [3.05, 3.63) is 35.6 Å². The number of ketones is 1. The molecule has 0 saturated carbocycles. The highest BCUT2D eigenvalue weighted by Gasteiger charge is 2.10. The molecule has 0 aromatic heterocycles. The van der Waals surface area contributed by atoms with E-state index in [1.165, 1.54) is 57.3 Å². The Labute approximate surface area is 121 Å². The highest BCUT2D eigenvalue weighted by Crippen LogP contribution is 2.12. The maximum Gasteiger partial charge on any atom is 0.162 e. The number of nitrogens with zero attached hydrogens (tertiary/aromatic N) is 1. The molecule has 0 unspecified atom stereocenters. The molecular weight excluding hydrogens is 253 g/mol. The third-order valence-electron chi connectivity index (χ3n) is 3.99. The number of benzene rings is 1. The zero-order valence-corrected chi connectivity index (χ0v) is 12.1. The molecule has 1 aromatic carbocycles. The molecule has 1 aliphatic rings. The Kier molecular flexibility index (Phi) is 6.19. The van der Waals surface area contributed by atoms with Crippen molar-refractivity contribution < 1.29 is 9.18 Å². The number of carbonyl (C=O) groups excluding carboxylic acids is 1. The van der Waals surface area contributed by atoms with Gasteiger partial charge in [0, 0.05) is 12.0 Å². The van der Waals surface area contributed by atoms with E-state index in [1.807, 2.05) is 0 Å². The van der Waals surface area contributed by atoms with Crippen molar-refractivity contribution in [3.63, 3.8) is 0 Å². The maximum atomic E-state index is 12.8. The van der Waals surface area contributed by atoms with Gasteiger partial charge < -0.3 is 4.90 Å². The summed E-state index contributed by atoms with van der Waals surface area (Å²) in [5.74, 6) is -0.167. The monoisotopic (exact) mass is 277 g/mol. The molecule has 1 fully saturated rings. The van der Waals surface area contributed by atoms with Crippen molar-refractivity contribution in [2.45, 2.75) is 44.9 Å². The van der Waals surface area contributed by atoms with Crippen LogP contribution in [0.2, 0.25) is 0 Å². The molecule has 0 spiro atoms. The lowest BCUT2D eigenvalue weighted by Crippen LogP contribution is -2.28. The first kappa shape index (κ1) is 15.2. The quantitative estimate of drug-likeness (QED) is 0.757. The molecule has 110 valence electrons. The lowest BCUT2D eigenvalue weighted by Gasteiger charge is -2.24. The first-order valence-electron chi connectivity index (χ1n) is 7.77. The van der Waals surface area contributed by atoms with Crippen molar-refractivity contribution >= 4 is 5.78 Å². The van der Waals surface area contributed by atoms with Crippen molar-refractivity contribution in [2.24, 2.45) is 0 Å². The van der Waals surface area contributed by atoms with Gasteiger partial charge in [0.2, 0.25) is 0 Å². The topological polar surface area (TPSA) is 20.3 Å². The number of hydrogen-bond acceptors (Lipinski definition) is 2. The van der Waals surface area contributed by atoms with Crippen LogP contribution < -0.4 is 0 Å². The SMILES string of the molecule is O=C(CCCN1CCCCCCC1)c1ccc(F)cc1. The summed E-state index contributed by atoms with van der Waals surface area (Å²) >= 11 is 0. The van der Waals surface area contributed by atoms with Gasteiger partial charge in [0.25, 0.3) is 0 Å². The van der Waals surface area contributed by atoms with Crippen LogP contribution in [0.4, 0.5) is 4.39 Å². The fraction of sp³-hybridized carbons (Fsp3) is 0.588. The van der Waals surface area contributed by atoms with E-state index in [4.69, 9.17) is 0 Å². The van der Waals surface area contributed by atoms with E-state index < -0.39 is 0 Å². The van der Waals surface area contributed by atoms with Gasteiger partial charge in [-0.15, -0.1) is 0 Å². The third kappa shape index (κ3) is 5.04. The van der Waals surface area contributed by atoms with Crippen LogP contribution in [0.3, 0.4) is 0 Å². The fourth-order valence-corrected chi connectivity index (χ4v) is 2.78. The smallest absolute Gasteiger partial charge is 0.162 e. The molecule has 1 heterocycles. The van der Waals surface area contributed by atoms with E-state index in [2.05, 4.69) is 4.90 Å². The minimum atomic E-state index is -0.290. The molecule has 0 bridgehead atoms. The first-order chi connectivity index (χ1) is 9.75. The molecule has 1 aliphatic heterocycles. The highest BCUT2D eigenvalue weighted by atomic mass is 19.1. The molecule has 2 nitrogen and oxygen atoms in total. The summed E-state index contributed by atoms with van der Waals surface area (Å²) in [7, 11) is 0. The Bertz CT molecular complexity index is 408. The third-order valence-corrected chi connectivity index (χ3v) is 3.99. The lowest BCUT2D eigenvalue weighted by atomic mass is 10.1. The zero-order valence-electron chi connectivity index (χ0n) is 12.1. The number of likely N-dealkylation sites (tertiary alicyclic amines) is 1. The van der Waals surface area contributed by atoms with Crippen LogP contribution in [-0.2, 0) is 0 Å². The minimum Gasteiger partial charge on any atom is -0.303 e. The molecule has 0 aliphatic carbocycles. The highest BCUT2D eigenvalue weighted by molar-refractivity contribution is 5.95. The van der Waals surface area contributed by atoms with Crippen LogP contribution in [0.1, 0.15) is 55.3 Å². The van der Waals surface area contributed by atoms with Crippen LogP contribution in [0, 0.1) is 5.82 Å². The van der Waals surface area contributed by atoms with Gasteiger partial charge in [-0.05, 0) is 63.2 Å². The standard InChI is InChI=1S/C17H24FNO/c18-16-10-8-15(9-11-16)17(20)7-6-14-19-12-4-2-1-3-5-13-19/h8-11H,1-7,12-14H2. The summed E-state index contributed by atoms with van der Waals surface area (Å²) in [6.45, 7) is 3.35. The van der Waals surface area contributed by atoms with Crippen molar-refractivity contribution in [3.8, 4) is 0 Å². The predicted octanol–water partition coefficient (Wildman–Crippen LogP) is 4.05. The largest absolute Gasteiger partial charge is 0.303 e. The number of hydrogen-bond donors (Lipinski definition) is 0. The van der Waals surface area contributed by atoms with Gasteiger partial charge in [-0.1, -0.05) is 19.3 Å². The molecule has 3 heteroatoms. The molecule has 1 saturated heterocycles. The summed E-state index contributed by atoms with van der Waals surface area (Å²) in [5, 5.41) is 0. The van der Waals surface area contributed by atoms with Crippen LogP contribution >= 0.6 is 0 Å². The zero-order chi connectivity index (χ0) is 14.2. The van der Waals surface area contributed by atoms with Crippen LogP contribution in [-0.4, -0.2) is 30.3 Å². The second-order valence-corrected chi connectivity index (χ2v) is 5.64. The van der Waals surface area contributed by atoms with Gasteiger partial charge in [0.1, 0.15) is 5.82 Å². The van der Waals surface area contributed by atoms with E-state index in [-0.39, 0.29) is 11.6 Å². The Morgan fingerprint density at radius 3 is 2.25 bits per heavy atom. The van der Waals surface area contributed by atoms with Crippen LogP contribution in [0.25, 0.3) is 0 Å². The maximum absolute atomic E-state index is 12.8. The van der Waals surface area contributed by atoms with E-state index in [1.54, 1.807) is 12.1 Å². The fourth-order valence-electron chi connectivity index (χ4n) is 2.78. The van der Waals surface area contributed by atoms with Gasteiger partial charge in [-0.3, -0.25) is 4.79 Å². The molecule has 1 aromatic rings. The second-order valence-electron chi connectivity index (χ2n) is 5.64. The number of rotatable bonds is 5. The molecular formula is C17H24FNO. The summed E-state index contributed by atoms with van der Waals surface area (Å²) < 4.78 is 12.8. The summed E-state index contributed by atoms with van der Waals surface area (Å²) in [4.78, 5) is 14.5. The Morgan fingerprint density at radius 2 is 1.60 bits per heavy atom. The van der Waals surface area contributed by atoms with Crippen LogP contribution in [0.5, 0.6) is 0 Å². The van der Waals surface area contributed by atoms with Gasteiger partial charge in [0.15, 0.2) is 5.78 Å². The van der Waals surface area contributed by atoms with Gasteiger partial charge in [-0.2, -0.15) is 0 Å². The van der Waals surface area contributed by atoms with Crippen molar-refractivity contribution in [2.75, 3.05) is 19.6 Å². The van der Waals surface area contributed by atoms with E-state index in [0.29, 0.717) is 12.0 Å². The first-order valence-corrected chi connectivity index (χ1v) is 7.77. The average Bonchev–Trinajstić information content (AvgIpc) is 2.41. The number of Topliss-reactive ketones (excluding diaryl/α,β-unsaturated/α-hetero) is 1. The van der Waals surface area contributed by atoms with Gasteiger partial charge in [-0.25, -0.2) is 4.39 Å². The average molecular weight is 277 g/mol. The second kappa shape index (κ2) is 8.15. The van der Waals surface area contributed by atoms with E-state index >= 15 is 0 Å². The Balaban J connectivity index is 1.71. The number of halogens is 1. The number of carbonyl (C=O) groups is 1. The van der Waals surface area contributed by atoms with Crippen LogP contribution in [0.15, 0.2) is 24.3 Å². The van der Waals surface area contributed by atoms with E-state index in [9.17, 15) is 9.18 Å². The van der Waals surface area contributed by atoms with Gasteiger partial charge in [0.05, 0.1) is 0 Å². The normalized spacial score (nSPS) is 17.4. The molecule has 0 N–H and O–H groups in total.